The molecular weight excluding hydrogens is 185 g/mol. The predicted octanol–water partition coefficient (Wildman–Crippen LogP) is -1.27. The number of nitrogens with zero attached hydrogens (tertiary/aromatic N) is 2. The van der Waals surface area contributed by atoms with Crippen LogP contribution in [0.4, 0.5) is 0 Å². The summed E-state index contributed by atoms with van der Waals surface area (Å²) in [6, 6.07) is 1.84. The molecule has 2 rings (SSSR count). The number of halogens is 2. The molecule has 0 saturated heterocycles. The summed E-state index contributed by atoms with van der Waals surface area (Å²) in [6.07, 6.45) is 3.21. The van der Waals surface area contributed by atoms with E-state index in [9.17, 15) is 0 Å². The molecule has 0 fully saturated rings. The Morgan fingerprint density at radius 3 is 3.00 bits per heavy atom. The van der Waals surface area contributed by atoms with Gasteiger partial charge in [0.1, 0.15) is 17.1 Å². The number of hydrogen-bond donors (Lipinski definition) is 1. The number of nitrogens with one attached hydrogen (secondary N) is 1. The Balaban J connectivity index is 0.000000605. The summed E-state index contributed by atoms with van der Waals surface area (Å²) in [7, 11) is 0. The average Bonchev–Trinajstić information content (AvgIpc) is 2.36. The van der Waals surface area contributed by atoms with Gasteiger partial charge in [-0.25, -0.2) is 9.97 Å². The number of H-pyrrole nitrogens is 1. The maximum absolute atomic E-state index is 5.73. The maximum atomic E-state index is 5.73. The van der Waals surface area contributed by atoms with Crippen LogP contribution in [-0.4, -0.2) is 15.0 Å². The Labute approximate surface area is 75.7 Å². The van der Waals surface area contributed by atoms with Gasteiger partial charge in [0.15, 0.2) is 0 Å². The summed E-state index contributed by atoms with van der Waals surface area (Å²) in [6.45, 7) is 0. The van der Waals surface area contributed by atoms with E-state index in [2.05, 4.69) is 15.0 Å². The van der Waals surface area contributed by atoms with Gasteiger partial charge in [-0.2, -0.15) is 0 Å². The van der Waals surface area contributed by atoms with Gasteiger partial charge in [-0.1, -0.05) is 11.6 Å². The molecule has 58 valence electrons. The molecule has 0 aliphatic rings. The van der Waals surface area contributed by atoms with E-state index >= 15 is 0 Å². The molecule has 0 atom stereocenters. The molecule has 5 heteroatoms. The van der Waals surface area contributed by atoms with Crippen molar-refractivity contribution in [3.63, 3.8) is 0 Å². The molecule has 0 bridgehead atoms. The quantitative estimate of drug-likeness (QED) is 0.526. The molecule has 0 radical (unpaired) electrons. The Kier molecular flexibility index (Phi) is 2.31. The molecule has 0 spiro atoms. The molecule has 2 aromatic rings. The lowest BCUT2D eigenvalue weighted by Crippen LogP contribution is -3.00. The van der Waals surface area contributed by atoms with Crippen LogP contribution >= 0.6 is 11.6 Å². The third-order valence-electron chi connectivity index (χ3n) is 1.31. The lowest BCUT2D eigenvalue weighted by atomic mass is 10.4. The molecule has 2 aromatic heterocycles. The van der Waals surface area contributed by atoms with E-state index in [-0.39, 0.29) is 13.8 Å². The third kappa shape index (κ3) is 1.29. The summed E-state index contributed by atoms with van der Waals surface area (Å²) in [5.74, 6) is 0. The largest absolute Gasteiger partial charge is 1.00 e. The summed E-state index contributed by atoms with van der Waals surface area (Å²) >= 11 is 5.73. The van der Waals surface area contributed by atoms with Crippen molar-refractivity contribution < 1.29 is 13.8 Å². The molecule has 0 amide bonds. The highest BCUT2D eigenvalue weighted by atomic mass is 35.5. The van der Waals surface area contributed by atoms with Crippen molar-refractivity contribution in [3.05, 3.63) is 23.7 Å². The third-order valence-corrected chi connectivity index (χ3v) is 1.61. The molecule has 0 aliphatic carbocycles. The first kappa shape index (κ1) is 8.30. The second-order valence-electron chi connectivity index (χ2n) is 1.90. The molecule has 0 aliphatic heterocycles. The van der Waals surface area contributed by atoms with Crippen molar-refractivity contribution in [1.29, 1.82) is 0 Å². The van der Waals surface area contributed by atoms with Crippen molar-refractivity contribution in [2.75, 3.05) is 0 Å². The van der Waals surface area contributed by atoms with Gasteiger partial charge < -0.3 is 17.4 Å². The maximum Gasteiger partial charge on any atom is 1.00 e. The number of rotatable bonds is 0. The van der Waals surface area contributed by atoms with Gasteiger partial charge in [0.25, 0.3) is 0 Å². The van der Waals surface area contributed by atoms with Crippen molar-refractivity contribution >= 4 is 22.6 Å². The second kappa shape index (κ2) is 3.07. The van der Waals surface area contributed by atoms with Crippen LogP contribution in [0.15, 0.2) is 18.6 Å². The Hall–Kier alpha value is -0.800. The molecule has 3 nitrogen and oxygen atoms in total. The molecule has 0 unspecified atom stereocenters. The number of aromatic nitrogens is 3. The fraction of sp³-hybridized carbons (Fsp3) is 0. The van der Waals surface area contributed by atoms with Crippen LogP contribution in [0.1, 0.15) is 1.43 Å². The van der Waals surface area contributed by atoms with E-state index in [0.29, 0.717) is 5.15 Å². The SMILES string of the molecule is Clc1ncnc2[nH]ccc12.[Cl-].[H+]. The minimum Gasteiger partial charge on any atom is -1.00 e. The zero-order valence-corrected chi connectivity index (χ0v) is 6.89. The highest BCUT2D eigenvalue weighted by Crippen LogP contribution is 2.16. The summed E-state index contributed by atoms with van der Waals surface area (Å²) in [5.41, 5.74) is 0.778. The van der Waals surface area contributed by atoms with Crippen molar-refractivity contribution in [2.24, 2.45) is 0 Å². The van der Waals surface area contributed by atoms with Gasteiger partial charge in [-0.15, -0.1) is 0 Å². The fourth-order valence-corrected chi connectivity index (χ4v) is 1.04. The van der Waals surface area contributed by atoms with Crippen LogP contribution in [0, 0.1) is 0 Å². The first-order chi connectivity index (χ1) is 4.88. The Bertz CT molecular complexity index is 362. The molecule has 11 heavy (non-hydrogen) atoms. The summed E-state index contributed by atoms with van der Waals surface area (Å²) < 4.78 is 0. The standard InChI is InChI=1S/C6H4ClN3.ClH/c7-5-4-1-2-8-6(4)10-3-9-5;/h1-3H,(H,8,9,10);1H. The predicted molar refractivity (Wildman–Crippen MR) is 40.0 cm³/mol. The summed E-state index contributed by atoms with van der Waals surface area (Å²) in [4.78, 5) is 10.7. The molecule has 1 N–H and O–H groups in total. The second-order valence-corrected chi connectivity index (χ2v) is 2.26. The minimum absolute atomic E-state index is 0. The van der Waals surface area contributed by atoms with Gasteiger partial charge in [0, 0.05) is 6.20 Å². The zero-order valence-electron chi connectivity index (χ0n) is 6.38. The van der Waals surface area contributed by atoms with E-state index in [4.69, 9.17) is 11.6 Å². The van der Waals surface area contributed by atoms with Crippen LogP contribution in [0.5, 0.6) is 0 Å². The van der Waals surface area contributed by atoms with Crippen LogP contribution < -0.4 is 12.4 Å². The zero-order chi connectivity index (χ0) is 6.97. The lowest BCUT2D eigenvalue weighted by Gasteiger charge is -1.88. The Morgan fingerprint density at radius 2 is 2.27 bits per heavy atom. The van der Waals surface area contributed by atoms with Crippen molar-refractivity contribution in [1.82, 2.24) is 15.0 Å². The lowest BCUT2D eigenvalue weighted by molar-refractivity contribution is -0.00000210. The molecule has 0 saturated carbocycles. The number of hydrogen-bond acceptors (Lipinski definition) is 2. The normalized spacial score (nSPS) is 9.55. The summed E-state index contributed by atoms with van der Waals surface area (Å²) in [5, 5.41) is 1.36. The van der Waals surface area contributed by atoms with Gasteiger partial charge in [-0.3, -0.25) is 0 Å². The number of fused-ring (bicyclic) bond motifs is 1. The monoisotopic (exact) mass is 189 g/mol. The van der Waals surface area contributed by atoms with Crippen LogP contribution in [0.25, 0.3) is 11.0 Å². The first-order valence-electron chi connectivity index (χ1n) is 2.81. The van der Waals surface area contributed by atoms with Crippen LogP contribution in [-0.2, 0) is 0 Å². The average molecular weight is 190 g/mol. The van der Waals surface area contributed by atoms with E-state index in [1.54, 1.807) is 6.20 Å². The van der Waals surface area contributed by atoms with E-state index in [1.165, 1.54) is 6.33 Å². The van der Waals surface area contributed by atoms with E-state index in [0.717, 1.165) is 11.0 Å². The van der Waals surface area contributed by atoms with Gasteiger partial charge in [0.05, 0.1) is 5.39 Å². The van der Waals surface area contributed by atoms with Gasteiger partial charge in [-0.05, 0) is 6.07 Å². The number of aromatic amines is 1. The van der Waals surface area contributed by atoms with Crippen LogP contribution in [0.2, 0.25) is 5.15 Å². The Morgan fingerprint density at radius 1 is 1.45 bits per heavy atom. The van der Waals surface area contributed by atoms with Gasteiger partial charge >= 0.3 is 1.43 Å². The molecule has 0 aromatic carbocycles. The topological polar surface area (TPSA) is 41.6 Å². The minimum atomic E-state index is 0. The van der Waals surface area contributed by atoms with Gasteiger partial charge in [0.2, 0.25) is 0 Å². The fourth-order valence-electron chi connectivity index (χ4n) is 0.841. The van der Waals surface area contributed by atoms with Crippen molar-refractivity contribution in [3.8, 4) is 0 Å². The highest BCUT2D eigenvalue weighted by Gasteiger charge is 1.98. The van der Waals surface area contributed by atoms with Crippen LogP contribution in [0.3, 0.4) is 0 Å². The first-order valence-corrected chi connectivity index (χ1v) is 3.19. The smallest absolute Gasteiger partial charge is 1.00 e. The van der Waals surface area contributed by atoms with Crippen molar-refractivity contribution in [2.45, 2.75) is 0 Å². The molecule has 2 heterocycles. The highest BCUT2D eigenvalue weighted by molar-refractivity contribution is 6.33. The van der Waals surface area contributed by atoms with E-state index < -0.39 is 0 Å². The van der Waals surface area contributed by atoms with E-state index in [1.807, 2.05) is 6.07 Å². The molecular formula is C6H5Cl2N3.